The normalized spacial score (nSPS) is 19.6. The van der Waals surface area contributed by atoms with Crippen molar-refractivity contribution < 1.29 is 22.7 Å². The highest BCUT2D eigenvalue weighted by molar-refractivity contribution is 7.89. The van der Waals surface area contributed by atoms with Gasteiger partial charge in [0.15, 0.2) is 6.10 Å². The van der Waals surface area contributed by atoms with Crippen LogP contribution in [0, 0.1) is 12.8 Å². The maximum atomic E-state index is 13.2. The third kappa shape index (κ3) is 4.49. The van der Waals surface area contributed by atoms with E-state index >= 15 is 0 Å². The Kier molecular flexibility index (Phi) is 6.21. The van der Waals surface area contributed by atoms with Crippen molar-refractivity contribution in [3.05, 3.63) is 48.0 Å². The van der Waals surface area contributed by atoms with E-state index < -0.39 is 16.1 Å². The molecule has 4 rings (SSSR count). The summed E-state index contributed by atoms with van der Waals surface area (Å²) < 4.78 is 33.3. The molecule has 2 aliphatic heterocycles. The SMILES string of the molecule is CC[C@@H]1Oc2ccc(S(=O)(=O)N3CCC(C(=O)Nc4cccc(C)c4)CC3)cc2NC1=O. The van der Waals surface area contributed by atoms with Crippen molar-refractivity contribution in [3.63, 3.8) is 0 Å². The molecule has 1 atom stereocenters. The van der Waals surface area contributed by atoms with Gasteiger partial charge in [-0.15, -0.1) is 0 Å². The number of carbonyl (C=O) groups excluding carboxylic acids is 2. The summed E-state index contributed by atoms with van der Waals surface area (Å²) in [7, 11) is -3.75. The van der Waals surface area contributed by atoms with E-state index in [-0.39, 0.29) is 35.7 Å². The number of hydrogen-bond donors (Lipinski definition) is 2. The molecule has 8 nitrogen and oxygen atoms in total. The predicted octanol–water partition coefficient (Wildman–Crippen LogP) is 3.14. The third-order valence-corrected chi connectivity index (χ3v) is 7.78. The second kappa shape index (κ2) is 8.91. The minimum atomic E-state index is -3.75. The summed E-state index contributed by atoms with van der Waals surface area (Å²) in [5.41, 5.74) is 2.16. The zero-order valence-corrected chi connectivity index (χ0v) is 18.9. The topological polar surface area (TPSA) is 105 Å². The van der Waals surface area contributed by atoms with Gasteiger partial charge in [0.2, 0.25) is 15.9 Å². The van der Waals surface area contributed by atoms with Gasteiger partial charge in [-0.2, -0.15) is 4.31 Å². The molecule has 1 saturated heterocycles. The fourth-order valence-electron chi connectivity index (χ4n) is 4.03. The molecular formula is C23H27N3O5S. The average Bonchev–Trinajstić information content (AvgIpc) is 2.78. The fraction of sp³-hybridized carbons (Fsp3) is 0.391. The van der Waals surface area contributed by atoms with Gasteiger partial charge in [-0.3, -0.25) is 9.59 Å². The van der Waals surface area contributed by atoms with E-state index in [1.807, 2.05) is 38.1 Å². The second-order valence-electron chi connectivity index (χ2n) is 8.20. The number of nitrogens with zero attached hydrogens (tertiary/aromatic N) is 1. The molecule has 2 aromatic carbocycles. The van der Waals surface area contributed by atoms with Gasteiger partial charge in [0, 0.05) is 24.7 Å². The molecule has 32 heavy (non-hydrogen) atoms. The Labute approximate surface area is 188 Å². The first kappa shape index (κ1) is 22.3. The smallest absolute Gasteiger partial charge is 0.265 e. The van der Waals surface area contributed by atoms with Crippen LogP contribution >= 0.6 is 0 Å². The van der Waals surface area contributed by atoms with Crippen LogP contribution in [0.15, 0.2) is 47.4 Å². The molecule has 2 aromatic rings. The summed E-state index contributed by atoms with van der Waals surface area (Å²) in [6.45, 7) is 4.32. The lowest BCUT2D eigenvalue weighted by Crippen LogP contribution is -2.41. The first-order chi connectivity index (χ1) is 15.3. The summed E-state index contributed by atoms with van der Waals surface area (Å²) >= 11 is 0. The highest BCUT2D eigenvalue weighted by Gasteiger charge is 2.33. The fourth-order valence-corrected chi connectivity index (χ4v) is 5.53. The summed E-state index contributed by atoms with van der Waals surface area (Å²) in [4.78, 5) is 24.8. The Bertz CT molecular complexity index is 1140. The standard InChI is InChI=1S/C23H27N3O5S/c1-3-20-23(28)25-19-14-18(7-8-21(19)31-20)32(29,30)26-11-9-16(10-12-26)22(27)24-17-6-4-5-15(2)13-17/h4-8,13-14,16,20H,3,9-12H2,1-2H3,(H,24,27)(H,25,28)/t20-/m0/s1. The number of rotatable bonds is 5. The van der Waals surface area contributed by atoms with E-state index in [1.54, 1.807) is 6.07 Å². The first-order valence-corrected chi connectivity index (χ1v) is 12.2. The van der Waals surface area contributed by atoms with Crippen LogP contribution in [0.3, 0.4) is 0 Å². The number of hydrogen-bond acceptors (Lipinski definition) is 5. The number of anilines is 2. The van der Waals surface area contributed by atoms with Crippen LogP contribution in [-0.2, 0) is 19.6 Å². The lowest BCUT2D eigenvalue weighted by atomic mass is 9.97. The largest absolute Gasteiger partial charge is 0.478 e. The number of nitrogens with one attached hydrogen (secondary N) is 2. The van der Waals surface area contributed by atoms with E-state index in [0.29, 0.717) is 30.7 Å². The van der Waals surface area contributed by atoms with E-state index in [9.17, 15) is 18.0 Å². The zero-order chi connectivity index (χ0) is 22.9. The molecular weight excluding hydrogens is 430 g/mol. The van der Waals surface area contributed by atoms with Gasteiger partial charge in [0.25, 0.3) is 5.91 Å². The van der Waals surface area contributed by atoms with Gasteiger partial charge in [-0.1, -0.05) is 19.1 Å². The molecule has 9 heteroatoms. The molecule has 0 bridgehead atoms. The maximum Gasteiger partial charge on any atom is 0.265 e. The highest BCUT2D eigenvalue weighted by Crippen LogP contribution is 2.34. The van der Waals surface area contributed by atoms with Crippen molar-refractivity contribution >= 4 is 33.2 Å². The lowest BCUT2D eigenvalue weighted by Gasteiger charge is -2.31. The van der Waals surface area contributed by atoms with Gasteiger partial charge in [-0.25, -0.2) is 8.42 Å². The average molecular weight is 458 g/mol. The summed E-state index contributed by atoms with van der Waals surface area (Å²) in [6, 6.07) is 12.1. The molecule has 0 radical (unpaired) electrons. The van der Waals surface area contributed by atoms with Gasteiger partial charge < -0.3 is 15.4 Å². The predicted molar refractivity (Wildman–Crippen MR) is 121 cm³/mol. The van der Waals surface area contributed by atoms with Crippen molar-refractivity contribution in [1.82, 2.24) is 4.31 Å². The Balaban J connectivity index is 1.41. The number of aryl methyl sites for hydroxylation is 1. The molecule has 0 aliphatic carbocycles. The summed E-state index contributed by atoms with van der Waals surface area (Å²) in [5, 5.41) is 5.65. The number of carbonyl (C=O) groups is 2. The van der Waals surface area contributed by atoms with Crippen LogP contribution in [0.1, 0.15) is 31.7 Å². The quantitative estimate of drug-likeness (QED) is 0.718. The maximum absolute atomic E-state index is 13.2. The van der Waals surface area contributed by atoms with Gasteiger partial charge in [0.1, 0.15) is 5.75 Å². The van der Waals surface area contributed by atoms with Crippen LogP contribution in [-0.4, -0.2) is 43.7 Å². The number of sulfonamides is 1. The second-order valence-corrected chi connectivity index (χ2v) is 10.1. The molecule has 0 spiro atoms. The molecule has 2 aliphatic rings. The number of benzene rings is 2. The molecule has 0 aromatic heterocycles. The Morgan fingerprint density at radius 1 is 1.19 bits per heavy atom. The van der Waals surface area contributed by atoms with E-state index in [0.717, 1.165) is 11.3 Å². The van der Waals surface area contributed by atoms with E-state index in [2.05, 4.69) is 10.6 Å². The minimum absolute atomic E-state index is 0.0910. The number of ether oxygens (including phenoxy) is 1. The van der Waals surface area contributed by atoms with Gasteiger partial charge in [0.05, 0.1) is 10.6 Å². The van der Waals surface area contributed by atoms with Crippen molar-refractivity contribution in [2.45, 2.75) is 44.1 Å². The first-order valence-electron chi connectivity index (χ1n) is 10.8. The van der Waals surface area contributed by atoms with Crippen molar-refractivity contribution in [3.8, 4) is 5.75 Å². The molecule has 0 unspecified atom stereocenters. The zero-order valence-electron chi connectivity index (χ0n) is 18.1. The van der Waals surface area contributed by atoms with E-state index in [4.69, 9.17) is 4.74 Å². The molecule has 2 amide bonds. The van der Waals surface area contributed by atoms with Crippen LogP contribution in [0.4, 0.5) is 11.4 Å². The van der Waals surface area contributed by atoms with Crippen LogP contribution in [0.5, 0.6) is 5.75 Å². The Hall–Kier alpha value is -2.91. The van der Waals surface area contributed by atoms with Crippen molar-refractivity contribution in [1.29, 1.82) is 0 Å². The summed E-state index contributed by atoms with van der Waals surface area (Å²) in [6.07, 6.45) is 0.840. The van der Waals surface area contributed by atoms with Gasteiger partial charge in [-0.05, 0) is 62.1 Å². The van der Waals surface area contributed by atoms with Gasteiger partial charge >= 0.3 is 0 Å². The molecule has 170 valence electrons. The minimum Gasteiger partial charge on any atom is -0.478 e. The highest BCUT2D eigenvalue weighted by atomic mass is 32.2. The Morgan fingerprint density at radius 2 is 1.94 bits per heavy atom. The molecule has 1 fully saturated rings. The number of fused-ring (bicyclic) bond motifs is 1. The van der Waals surface area contributed by atoms with Crippen LogP contribution < -0.4 is 15.4 Å². The third-order valence-electron chi connectivity index (χ3n) is 5.89. The van der Waals surface area contributed by atoms with Crippen LogP contribution in [0.25, 0.3) is 0 Å². The molecule has 2 N–H and O–H groups in total. The van der Waals surface area contributed by atoms with E-state index in [1.165, 1.54) is 16.4 Å². The Morgan fingerprint density at radius 3 is 2.62 bits per heavy atom. The molecule has 2 heterocycles. The number of piperidine rings is 1. The van der Waals surface area contributed by atoms with Crippen molar-refractivity contribution in [2.24, 2.45) is 5.92 Å². The monoisotopic (exact) mass is 457 g/mol. The lowest BCUT2D eigenvalue weighted by molar-refractivity contribution is -0.123. The summed E-state index contributed by atoms with van der Waals surface area (Å²) in [5.74, 6) is -0.159. The number of amides is 2. The molecule has 0 saturated carbocycles. The van der Waals surface area contributed by atoms with Crippen molar-refractivity contribution in [2.75, 3.05) is 23.7 Å². The van der Waals surface area contributed by atoms with Crippen LogP contribution in [0.2, 0.25) is 0 Å².